The molecule has 0 spiro atoms. The number of carbonyl (C=O) groups excluding carboxylic acids is 4. The standard InChI is InChI=1S/2C10H21NO3.2C10H18O3.4CH4.I2.H3N.H2O/c2*1-8(2,9(3,4)13)10(5,6)14-7(11)12;2*1-8(2)9(3,4)12-7(11)13-10(8,5)6;;;;;1-2;;/h2*13H,1-6H3,(H2,11,12);2*1-6H3;4*1H4;;1H3;1H2. The van der Waals surface area contributed by atoms with Crippen LogP contribution in [0.4, 0.5) is 19.2 Å². The lowest BCUT2D eigenvalue weighted by atomic mass is 9.66. The first-order valence-corrected chi connectivity index (χ1v) is 24.7. The topological polar surface area (TPSA) is 283 Å². The summed E-state index contributed by atoms with van der Waals surface area (Å²) in [5, 5.41) is 19.9. The second-order valence-electron chi connectivity index (χ2n) is 20.4. The average molecular weight is 1130 g/mol. The van der Waals surface area contributed by atoms with Crippen LogP contribution in [-0.4, -0.2) is 85.0 Å². The van der Waals surface area contributed by atoms with Crippen LogP contribution in [0.2, 0.25) is 0 Å². The third-order valence-corrected chi connectivity index (χ3v) is 14.2. The average Bonchev–Trinajstić information content (AvgIpc) is 2.89. The van der Waals surface area contributed by atoms with E-state index in [1.54, 1.807) is 55.4 Å². The fraction of sp³-hybridized carbons (Fsp3) is 0.909. The van der Waals surface area contributed by atoms with E-state index in [1.165, 1.54) is 0 Å². The zero-order chi connectivity index (χ0) is 46.6. The number of hydrogen-bond acceptors (Lipinski definition) is 13. The Kier molecular flexibility index (Phi) is 33.7. The molecule has 18 heteroatoms. The molecular formula is C44H99I2N3O13. The lowest BCUT2D eigenvalue weighted by Gasteiger charge is -2.53. The highest BCUT2D eigenvalue weighted by Gasteiger charge is 2.58. The maximum absolute atomic E-state index is 11.1. The van der Waals surface area contributed by atoms with Gasteiger partial charge in [-0.3, -0.25) is 0 Å². The van der Waals surface area contributed by atoms with Crippen molar-refractivity contribution in [3.8, 4) is 0 Å². The number of carbonyl (C=O) groups is 4. The summed E-state index contributed by atoms with van der Waals surface area (Å²) in [6, 6.07) is 0. The SMILES string of the molecule is C.C.C.C.CC(C)(O)C(C)(C)C(C)(C)OC(N)=O.CC(C)(O)C(C)(C)C(C)(C)OC(N)=O.CC1(C)OC(=O)OC(C)(C)C1(C)C.CC1(C)OC(=O)OC(C)(C)C1(C)C.II.N.O. The maximum Gasteiger partial charge on any atom is 0.509 e. The Morgan fingerprint density at radius 3 is 0.742 bits per heavy atom. The minimum atomic E-state index is -0.966. The number of primary amides is 2. The van der Waals surface area contributed by atoms with Crippen LogP contribution in [0.5, 0.6) is 0 Å². The molecule has 2 aliphatic rings. The molecule has 0 aromatic rings. The number of hydrogen-bond donors (Lipinski definition) is 5. The highest BCUT2D eigenvalue weighted by molar-refractivity contribution is 15.0. The van der Waals surface area contributed by atoms with Crippen LogP contribution >= 0.6 is 37.2 Å². The van der Waals surface area contributed by atoms with E-state index in [0.717, 1.165) is 0 Å². The molecule has 2 rings (SSSR count). The van der Waals surface area contributed by atoms with Gasteiger partial charge in [-0.1, -0.05) is 85.1 Å². The molecule has 2 amide bonds. The normalized spacial score (nSPS) is 18.5. The second kappa shape index (κ2) is 25.9. The van der Waals surface area contributed by atoms with Crippen molar-refractivity contribution in [2.45, 2.75) is 241 Å². The van der Waals surface area contributed by atoms with E-state index in [4.69, 9.17) is 39.9 Å². The molecule has 2 fully saturated rings. The predicted molar refractivity (Wildman–Crippen MR) is 272 cm³/mol. The third-order valence-electron chi connectivity index (χ3n) is 14.2. The van der Waals surface area contributed by atoms with Gasteiger partial charge in [0.1, 0.15) is 33.6 Å². The number of amides is 2. The summed E-state index contributed by atoms with van der Waals surface area (Å²) in [7, 11) is 0. The van der Waals surface area contributed by atoms with Gasteiger partial charge in [0.2, 0.25) is 0 Å². The molecule has 11 N–H and O–H groups in total. The molecule has 0 radical (unpaired) electrons. The monoisotopic (exact) mass is 1130 g/mol. The van der Waals surface area contributed by atoms with E-state index in [0.29, 0.717) is 0 Å². The molecule has 0 aromatic heterocycles. The van der Waals surface area contributed by atoms with Crippen molar-refractivity contribution in [1.29, 1.82) is 0 Å². The quantitative estimate of drug-likeness (QED) is 0.0941. The van der Waals surface area contributed by atoms with Crippen LogP contribution in [0.3, 0.4) is 0 Å². The molecule has 0 saturated carbocycles. The summed E-state index contributed by atoms with van der Waals surface area (Å²) in [5.74, 6) is 0. The zero-order valence-electron chi connectivity index (χ0n) is 40.1. The second-order valence-corrected chi connectivity index (χ2v) is 20.4. The van der Waals surface area contributed by atoms with Crippen LogP contribution < -0.4 is 17.6 Å². The van der Waals surface area contributed by atoms with Crippen LogP contribution in [0.1, 0.15) is 196 Å². The molecule has 0 unspecified atom stereocenters. The van der Waals surface area contributed by atoms with Gasteiger partial charge in [0, 0.05) is 58.9 Å². The van der Waals surface area contributed by atoms with Crippen LogP contribution in [-0.2, 0) is 28.4 Å². The molecule has 0 bridgehead atoms. The predicted octanol–water partition coefficient (Wildman–Crippen LogP) is 12.4. The number of rotatable bonds is 6. The fourth-order valence-electron chi connectivity index (χ4n) is 5.07. The van der Waals surface area contributed by atoms with E-state index >= 15 is 0 Å². The summed E-state index contributed by atoms with van der Waals surface area (Å²) in [5.41, 5.74) is 2.76. The molecule has 16 nitrogen and oxygen atoms in total. The molecule has 0 atom stereocenters. The molecule has 2 aliphatic heterocycles. The molecule has 0 aliphatic carbocycles. The van der Waals surface area contributed by atoms with E-state index in [2.05, 4.69) is 37.2 Å². The first-order chi connectivity index (χ1) is 24.0. The fourth-order valence-corrected chi connectivity index (χ4v) is 5.07. The Morgan fingerprint density at radius 1 is 0.484 bits per heavy atom. The summed E-state index contributed by atoms with van der Waals surface area (Å²) in [6.07, 6.45) is -2.80. The minimum absolute atomic E-state index is 0. The molecule has 2 heterocycles. The third kappa shape index (κ3) is 19.1. The minimum Gasteiger partial charge on any atom is -0.443 e. The summed E-state index contributed by atoms with van der Waals surface area (Å²) < 4.78 is 30.7. The zero-order valence-corrected chi connectivity index (χ0v) is 44.4. The Labute approximate surface area is 402 Å². The summed E-state index contributed by atoms with van der Waals surface area (Å²) >= 11 is 4.24. The van der Waals surface area contributed by atoms with Crippen LogP contribution in [0, 0.1) is 21.7 Å². The van der Waals surface area contributed by atoms with Gasteiger partial charge in [0.05, 0.1) is 11.2 Å². The van der Waals surface area contributed by atoms with Gasteiger partial charge in [-0.15, -0.1) is 0 Å². The van der Waals surface area contributed by atoms with Crippen molar-refractivity contribution in [3.63, 3.8) is 0 Å². The highest BCUT2D eigenvalue weighted by atomic mass is 128. The summed E-state index contributed by atoms with van der Waals surface area (Å²) in [4.78, 5) is 43.7. The highest BCUT2D eigenvalue weighted by Crippen LogP contribution is 2.50. The van der Waals surface area contributed by atoms with Gasteiger partial charge < -0.3 is 61.7 Å². The molecule has 62 heavy (non-hydrogen) atoms. The molecule has 382 valence electrons. The Morgan fingerprint density at radius 2 is 0.629 bits per heavy atom. The lowest BCUT2D eigenvalue weighted by Crippen LogP contribution is -2.61. The van der Waals surface area contributed by atoms with E-state index < -0.39 is 80.1 Å². The Hall–Kier alpha value is -1.62. The summed E-state index contributed by atoms with van der Waals surface area (Å²) in [6.45, 7) is 44.4. The van der Waals surface area contributed by atoms with E-state index in [-0.39, 0.29) is 52.2 Å². The maximum atomic E-state index is 11.1. The van der Waals surface area contributed by atoms with Gasteiger partial charge in [0.25, 0.3) is 0 Å². The first kappa shape index (κ1) is 80.6. The van der Waals surface area contributed by atoms with Crippen LogP contribution in [0.15, 0.2) is 0 Å². The van der Waals surface area contributed by atoms with Gasteiger partial charge in [0.15, 0.2) is 0 Å². The Bertz CT molecular complexity index is 1210. The smallest absolute Gasteiger partial charge is 0.443 e. The number of aliphatic hydroxyl groups is 2. The van der Waals surface area contributed by atoms with Crippen molar-refractivity contribution in [2.75, 3.05) is 0 Å². The van der Waals surface area contributed by atoms with E-state index in [9.17, 15) is 29.4 Å². The van der Waals surface area contributed by atoms with Crippen LogP contribution in [0.25, 0.3) is 0 Å². The number of nitrogens with two attached hydrogens (primary N) is 2. The van der Waals surface area contributed by atoms with E-state index in [1.807, 2.05) is 111 Å². The molecule has 2 saturated heterocycles. The Balaban J connectivity index is -0.0000000824. The largest absolute Gasteiger partial charge is 0.509 e. The van der Waals surface area contributed by atoms with Crippen molar-refractivity contribution in [3.05, 3.63) is 0 Å². The van der Waals surface area contributed by atoms with Crippen molar-refractivity contribution >= 4 is 61.7 Å². The van der Waals surface area contributed by atoms with Gasteiger partial charge in [-0.25, -0.2) is 19.2 Å². The van der Waals surface area contributed by atoms with Gasteiger partial charge in [-0.05, 0) is 111 Å². The lowest BCUT2D eigenvalue weighted by molar-refractivity contribution is -0.219. The van der Waals surface area contributed by atoms with Crippen molar-refractivity contribution in [2.24, 2.45) is 33.1 Å². The van der Waals surface area contributed by atoms with Crippen molar-refractivity contribution in [1.82, 2.24) is 6.15 Å². The van der Waals surface area contributed by atoms with Crippen molar-refractivity contribution < 1.29 is 63.3 Å². The number of ether oxygens (including phenoxy) is 6. The van der Waals surface area contributed by atoms with Gasteiger partial charge >= 0.3 is 24.5 Å². The number of cyclic esters (lactones) is 4. The van der Waals surface area contributed by atoms with Gasteiger partial charge in [-0.2, -0.15) is 0 Å². The number of halogens is 2. The first-order valence-electron chi connectivity index (χ1n) is 18.4. The molecule has 0 aromatic carbocycles. The molecular weight excluding hydrogens is 1030 g/mol.